The predicted molar refractivity (Wildman–Crippen MR) is 82.2 cm³/mol. The molecule has 0 radical (unpaired) electrons. The van der Waals surface area contributed by atoms with Crippen LogP contribution in [0.5, 0.6) is 0 Å². The van der Waals surface area contributed by atoms with Gasteiger partial charge in [0.05, 0.1) is 0 Å². The van der Waals surface area contributed by atoms with Crippen molar-refractivity contribution in [1.82, 2.24) is 16.0 Å². The van der Waals surface area contributed by atoms with Crippen molar-refractivity contribution in [2.24, 2.45) is 5.92 Å². The van der Waals surface area contributed by atoms with Crippen LogP contribution in [-0.2, 0) is 4.74 Å². The van der Waals surface area contributed by atoms with Gasteiger partial charge in [-0.2, -0.15) is 0 Å². The number of nitrogens with one attached hydrogen (secondary N) is 3. The zero-order valence-electron chi connectivity index (χ0n) is 13.5. The van der Waals surface area contributed by atoms with Crippen LogP contribution in [0.4, 0.5) is 9.59 Å². The fourth-order valence-corrected chi connectivity index (χ4v) is 2.35. The smallest absolute Gasteiger partial charge is 0.407 e. The second-order valence-corrected chi connectivity index (χ2v) is 6.57. The van der Waals surface area contributed by atoms with E-state index in [-0.39, 0.29) is 6.03 Å². The van der Waals surface area contributed by atoms with Crippen molar-refractivity contribution < 1.29 is 14.3 Å². The molecule has 21 heavy (non-hydrogen) atoms. The second kappa shape index (κ2) is 8.74. The Bertz CT molecular complexity index is 334. The van der Waals surface area contributed by atoms with Crippen LogP contribution in [0.25, 0.3) is 0 Å². The maximum atomic E-state index is 11.6. The molecule has 0 spiro atoms. The highest BCUT2D eigenvalue weighted by molar-refractivity contribution is 5.74. The Morgan fingerprint density at radius 3 is 2.24 bits per heavy atom. The van der Waals surface area contributed by atoms with E-state index in [1.54, 1.807) is 0 Å². The summed E-state index contributed by atoms with van der Waals surface area (Å²) in [5.41, 5.74) is -0.505. The van der Waals surface area contributed by atoms with Crippen LogP contribution in [0.15, 0.2) is 0 Å². The number of urea groups is 1. The molecule has 0 unspecified atom stereocenters. The van der Waals surface area contributed by atoms with Crippen LogP contribution in [-0.4, -0.2) is 37.4 Å². The molecule has 0 aromatic carbocycles. The summed E-state index contributed by atoms with van der Waals surface area (Å²) in [6, 6.07) is -0.174. The average molecular weight is 299 g/mol. The number of alkyl carbamates (subject to hydrolysis) is 1. The Balaban J connectivity index is 2.01. The monoisotopic (exact) mass is 299 g/mol. The number of rotatable bonds is 5. The summed E-state index contributed by atoms with van der Waals surface area (Å²) < 4.78 is 5.09. The minimum atomic E-state index is -0.505. The molecule has 122 valence electrons. The van der Waals surface area contributed by atoms with Crippen molar-refractivity contribution in [3.63, 3.8) is 0 Å². The molecule has 3 amide bonds. The van der Waals surface area contributed by atoms with E-state index in [9.17, 15) is 9.59 Å². The molecule has 0 heterocycles. The molecular formula is C15H29N3O3. The Morgan fingerprint density at radius 1 is 1.00 bits per heavy atom. The highest BCUT2D eigenvalue weighted by Gasteiger charge is 2.16. The first-order chi connectivity index (χ1) is 9.87. The van der Waals surface area contributed by atoms with Gasteiger partial charge in [0.25, 0.3) is 0 Å². The highest BCUT2D eigenvalue weighted by Crippen LogP contribution is 2.22. The number of hydrogen-bond donors (Lipinski definition) is 3. The summed E-state index contributed by atoms with van der Waals surface area (Å²) in [6.07, 6.45) is 5.81. The quantitative estimate of drug-likeness (QED) is 0.682. The van der Waals surface area contributed by atoms with Gasteiger partial charge in [-0.15, -0.1) is 0 Å². The summed E-state index contributed by atoms with van der Waals surface area (Å²) in [5.74, 6) is 0.615. The highest BCUT2D eigenvalue weighted by atomic mass is 16.6. The van der Waals surface area contributed by atoms with Gasteiger partial charge >= 0.3 is 12.1 Å². The zero-order chi connectivity index (χ0) is 15.7. The van der Waals surface area contributed by atoms with Gasteiger partial charge in [-0.3, -0.25) is 0 Å². The van der Waals surface area contributed by atoms with Crippen molar-refractivity contribution in [1.29, 1.82) is 0 Å². The number of ether oxygens (including phenoxy) is 1. The predicted octanol–water partition coefficient (Wildman–Crippen LogP) is 2.39. The molecule has 0 bridgehead atoms. The van der Waals surface area contributed by atoms with Crippen molar-refractivity contribution >= 4 is 12.1 Å². The van der Waals surface area contributed by atoms with Crippen LogP contribution in [0, 0.1) is 5.92 Å². The van der Waals surface area contributed by atoms with E-state index in [0.717, 1.165) is 6.54 Å². The summed E-state index contributed by atoms with van der Waals surface area (Å²) in [6.45, 7) is 6.91. The third-order valence-corrected chi connectivity index (χ3v) is 3.35. The number of carbonyl (C=O) groups excluding carboxylic acids is 2. The van der Waals surface area contributed by atoms with Gasteiger partial charge in [-0.1, -0.05) is 19.3 Å². The van der Waals surface area contributed by atoms with E-state index < -0.39 is 11.7 Å². The maximum Gasteiger partial charge on any atom is 0.407 e. The summed E-state index contributed by atoms with van der Waals surface area (Å²) in [5, 5.41) is 8.20. The van der Waals surface area contributed by atoms with Gasteiger partial charge in [0.2, 0.25) is 0 Å². The Kier molecular flexibility index (Phi) is 7.32. The van der Waals surface area contributed by atoms with Crippen LogP contribution in [0.2, 0.25) is 0 Å². The molecule has 1 aliphatic rings. The SMILES string of the molecule is CC(C)(C)OC(=O)NCCNC(=O)NCC1CCCCC1. The lowest BCUT2D eigenvalue weighted by Gasteiger charge is -2.22. The lowest BCUT2D eigenvalue weighted by atomic mass is 9.89. The largest absolute Gasteiger partial charge is 0.444 e. The Hall–Kier alpha value is -1.46. The molecule has 1 aliphatic carbocycles. The number of amides is 3. The van der Waals surface area contributed by atoms with Gasteiger partial charge in [-0.25, -0.2) is 9.59 Å². The van der Waals surface area contributed by atoms with E-state index in [1.807, 2.05) is 20.8 Å². The van der Waals surface area contributed by atoms with Crippen molar-refractivity contribution in [2.45, 2.75) is 58.5 Å². The maximum absolute atomic E-state index is 11.6. The summed E-state index contributed by atoms with van der Waals surface area (Å²) in [4.78, 5) is 23.0. The Labute approximate surface area is 127 Å². The summed E-state index contributed by atoms with van der Waals surface area (Å²) >= 11 is 0. The Morgan fingerprint density at radius 2 is 1.62 bits per heavy atom. The van der Waals surface area contributed by atoms with Crippen LogP contribution < -0.4 is 16.0 Å². The van der Waals surface area contributed by atoms with E-state index in [1.165, 1.54) is 32.1 Å². The third kappa shape index (κ3) is 9.15. The molecule has 0 aromatic rings. The molecule has 1 saturated carbocycles. The van der Waals surface area contributed by atoms with E-state index in [2.05, 4.69) is 16.0 Å². The van der Waals surface area contributed by atoms with Crippen LogP contribution in [0.3, 0.4) is 0 Å². The van der Waals surface area contributed by atoms with E-state index in [4.69, 9.17) is 4.74 Å². The van der Waals surface area contributed by atoms with Gasteiger partial charge in [0.1, 0.15) is 5.60 Å². The third-order valence-electron chi connectivity index (χ3n) is 3.35. The molecule has 0 aliphatic heterocycles. The van der Waals surface area contributed by atoms with Gasteiger partial charge in [-0.05, 0) is 39.5 Å². The van der Waals surface area contributed by atoms with Gasteiger partial charge < -0.3 is 20.7 Å². The molecular weight excluding hydrogens is 270 g/mol. The van der Waals surface area contributed by atoms with E-state index in [0.29, 0.717) is 19.0 Å². The molecule has 6 heteroatoms. The molecule has 1 rings (SSSR count). The molecule has 1 fully saturated rings. The van der Waals surface area contributed by atoms with Gasteiger partial charge in [0, 0.05) is 19.6 Å². The lowest BCUT2D eigenvalue weighted by Crippen LogP contribution is -2.42. The summed E-state index contributed by atoms with van der Waals surface area (Å²) in [7, 11) is 0. The standard InChI is InChI=1S/C15H29N3O3/c1-15(2,3)21-14(20)17-10-9-16-13(19)18-11-12-7-5-4-6-8-12/h12H,4-11H2,1-3H3,(H,17,20)(H2,16,18,19). The molecule has 0 atom stereocenters. The lowest BCUT2D eigenvalue weighted by molar-refractivity contribution is 0.0528. The number of hydrogen-bond acceptors (Lipinski definition) is 3. The molecule has 6 nitrogen and oxygen atoms in total. The fraction of sp³-hybridized carbons (Fsp3) is 0.867. The van der Waals surface area contributed by atoms with Crippen molar-refractivity contribution in [3.05, 3.63) is 0 Å². The topological polar surface area (TPSA) is 79.5 Å². The zero-order valence-corrected chi connectivity index (χ0v) is 13.5. The fourth-order valence-electron chi connectivity index (χ4n) is 2.35. The van der Waals surface area contributed by atoms with Crippen molar-refractivity contribution in [2.75, 3.05) is 19.6 Å². The van der Waals surface area contributed by atoms with Gasteiger partial charge in [0.15, 0.2) is 0 Å². The van der Waals surface area contributed by atoms with Crippen LogP contribution in [0.1, 0.15) is 52.9 Å². The molecule has 0 saturated heterocycles. The minimum Gasteiger partial charge on any atom is -0.444 e. The minimum absolute atomic E-state index is 0.174. The average Bonchev–Trinajstić information content (AvgIpc) is 2.40. The first-order valence-corrected chi connectivity index (χ1v) is 7.85. The first kappa shape index (κ1) is 17.6. The van der Waals surface area contributed by atoms with Crippen LogP contribution >= 0.6 is 0 Å². The second-order valence-electron chi connectivity index (χ2n) is 6.57. The molecule has 3 N–H and O–H groups in total. The molecule has 0 aromatic heterocycles. The number of carbonyl (C=O) groups is 2. The normalized spacial score (nSPS) is 16.1. The first-order valence-electron chi connectivity index (χ1n) is 7.85. The van der Waals surface area contributed by atoms with E-state index >= 15 is 0 Å². The van der Waals surface area contributed by atoms with Crippen molar-refractivity contribution in [3.8, 4) is 0 Å².